The van der Waals surface area contributed by atoms with Crippen LogP contribution in [0, 0.1) is 0 Å². The van der Waals surface area contributed by atoms with Crippen LogP contribution in [0.3, 0.4) is 0 Å². The van der Waals surface area contributed by atoms with E-state index in [1.165, 1.54) is 10.5 Å². The Balaban J connectivity index is 1.67. The highest BCUT2D eigenvalue weighted by molar-refractivity contribution is 7.99. The minimum Gasteiger partial charge on any atom is -0.357 e. The molecule has 1 aromatic carbocycles. The topological polar surface area (TPSA) is 41.4 Å². The molecule has 0 unspecified atom stereocenters. The lowest BCUT2D eigenvalue weighted by Gasteiger charge is -2.11. The Kier molecular flexibility index (Phi) is 6.68. The molecule has 0 saturated heterocycles. The second-order valence-electron chi connectivity index (χ2n) is 4.84. The first-order chi connectivity index (χ1) is 10.7. The molecule has 118 valence electrons. The van der Waals surface area contributed by atoms with Gasteiger partial charge in [-0.25, -0.2) is 0 Å². The van der Waals surface area contributed by atoms with Crippen LogP contribution in [0.15, 0.2) is 52.6 Å². The van der Waals surface area contributed by atoms with E-state index in [1.54, 1.807) is 18.8 Å². The molecule has 0 fully saturated rings. The molecule has 0 aliphatic rings. The van der Waals surface area contributed by atoms with Crippen molar-refractivity contribution in [2.75, 3.05) is 19.3 Å². The normalized spacial score (nSPS) is 11.5. The molecule has 0 radical (unpaired) electrons. The molecule has 6 heteroatoms. The van der Waals surface area contributed by atoms with Crippen LogP contribution in [0.4, 0.5) is 0 Å². The zero-order valence-electron chi connectivity index (χ0n) is 12.8. The first kappa shape index (κ1) is 16.8. The van der Waals surface area contributed by atoms with Gasteiger partial charge in [0, 0.05) is 55.2 Å². The second kappa shape index (κ2) is 8.76. The number of guanidine groups is 1. The highest BCUT2D eigenvalue weighted by Crippen LogP contribution is 2.19. The Bertz CT molecular complexity index is 607. The molecule has 4 nitrogen and oxygen atoms in total. The van der Waals surface area contributed by atoms with Gasteiger partial charge in [0.05, 0.1) is 0 Å². The number of aryl methyl sites for hydroxylation is 1. The average molecular weight is 337 g/mol. The third kappa shape index (κ3) is 5.66. The number of nitrogens with zero attached hydrogens (tertiary/aromatic N) is 2. The Labute approximate surface area is 141 Å². The van der Waals surface area contributed by atoms with Gasteiger partial charge >= 0.3 is 0 Å². The van der Waals surface area contributed by atoms with Crippen LogP contribution >= 0.6 is 23.4 Å². The van der Waals surface area contributed by atoms with Gasteiger partial charge in [-0.15, -0.1) is 11.8 Å². The molecule has 22 heavy (non-hydrogen) atoms. The summed E-state index contributed by atoms with van der Waals surface area (Å²) >= 11 is 7.67. The minimum atomic E-state index is 0.769. The molecule has 0 aliphatic carbocycles. The maximum atomic E-state index is 5.87. The summed E-state index contributed by atoms with van der Waals surface area (Å²) in [6, 6.07) is 10.00. The van der Waals surface area contributed by atoms with Gasteiger partial charge in [0.1, 0.15) is 0 Å². The predicted molar refractivity (Wildman–Crippen MR) is 95.8 cm³/mol. The lowest BCUT2D eigenvalue weighted by Crippen LogP contribution is -2.37. The first-order valence-electron chi connectivity index (χ1n) is 7.11. The number of rotatable bonds is 6. The van der Waals surface area contributed by atoms with Crippen molar-refractivity contribution in [1.29, 1.82) is 0 Å². The van der Waals surface area contributed by atoms with Crippen molar-refractivity contribution in [2.24, 2.45) is 12.0 Å². The fourth-order valence-electron chi connectivity index (χ4n) is 1.94. The molecule has 2 aromatic rings. The molecule has 0 aliphatic heterocycles. The SMILES string of the molecule is CN=C(NCCSc1ccc(Cl)cc1)NCc1ccn(C)c1. The van der Waals surface area contributed by atoms with E-state index >= 15 is 0 Å². The fraction of sp³-hybridized carbons (Fsp3) is 0.312. The smallest absolute Gasteiger partial charge is 0.191 e. The lowest BCUT2D eigenvalue weighted by atomic mass is 10.3. The molecular weight excluding hydrogens is 316 g/mol. The van der Waals surface area contributed by atoms with E-state index in [0.717, 1.165) is 29.8 Å². The van der Waals surface area contributed by atoms with Crippen LogP contribution < -0.4 is 10.6 Å². The largest absolute Gasteiger partial charge is 0.357 e. The Hall–Kier alpha value is -1.59. The predicted octanol–water partition coefficient (Wildman–Crippen LogP) is 3.14. The summed E-state index contributed by atoms with van der Waals surface area (Å²) < 4.78 is 2.04. The molecule has 0 atom stereocenters. The number of aromatic nitrogens is 1. The molecule has 2 N–H and O–H groups in total. The number of halogens is 1. The molecule has 1 aromatic heterocycles. The van der Waals surface area contributed by atoms with Gasteiger partial charge in [0.25, 0.3) is 0 Å². The zero-order valence-corrected chi connectivity index (χ0v) is 14.4. The molecule has 0 saturated carbocycles. The van der Waals surface area contributed by atoms with Crippen molar-refractivity contribution in [3.8, 4) is 0 Å². The van der Waals surface area contributed by atoms with Crippen molar-refractivity contribution in [3.63, 3.8) is 0 Å². The standard InChI is InChI=1S/C16H21ClN4S/c1-18-16(20-11-13-7-9-21(2)12-13)19-8-10-22-15-5-3-14(17)4-6-15/h3-7,9,12H,8,10-11H2,1-2H3,(H2,18,19,20). The van der Waals surface area contributed by atoms with Gasteiger partial charge in [-0.1, -0.05) is 11.6 Å². The summed E-state index contributed by atoms with van der Waals surface area (Å²) in [5, 5.41) is 7.39. The van der Waals surface area contributed by atoms with Gasteiger partial charge in [0.15, 0.2) is 5.96 Å². The van der Waals surface area contributed by atoms with Crippen molar-refractivity contribution >= 4 is 29.3 Å². The van der Waals surface area contributed by atoms with Crippen LogP contribution in [-0.2, 0) is 13.6 Å². The average Bonchev–Trinajstić information content (AvgIpc) is 2.94. The minimum absolute atomic E-state index is 0.769. The van der Waals surface area contributed by atoms with Crippen LogP contribution in [0.2, 0.25) is 5.02 Å². The number of nitrogens with one attached hydrogen (secondary N) is 2. The van der Waals surface area contributed by atoms with Crippen molar-refractivity contribution < 1.29 is 0 Å². The molecule has 0 amide bonds. The monoisotopic (exact) mass is 336 g/mol. The van der Waals surface area contributed by atoms with E-state index < -0.39 is 0 Å². The van der Waals surface area contributed by atoms with Gasteiger partial charge < -0.3 is 15.2 Å². The Morgan fingerprint density at radius 2 is 2.00 bits per heavy atom. The van der Waals surface area contributed by atoms with Crippen LogP contribution in [0.5, 0.6) is 0 Å². The van der Waals surface area contributed by atoms with Crippen LogP contribution in [-0.4, -0.2) is 29.9 Å². The summed E-state index contributed by atoms with van der Waals surface area (Å²) in [5.41, 5.74) is 1.24. The Morgan fingerprint density at radius 3 is 2.64 bits per heavy atom. The summed E-state index contributed by atoms with van der Waals surface area (Å²) in [6.07, 6.45) is 4.13. The van der Waals surface area contributed by atoms with Gasteiger partial charge in [-0.2, -0.15) is 0 Å². The quantitative estimate of drug-likeness (QED) is 0.368. The van der Waals surface area contributed by atoms with E-state index in [9.17, 15) is 0 Å². The van der Waals surface area contributed by atoms with Gasteiger partial charge in [-0.05, 0) is 35.9 Å². The first-order valence-corrected chi connectivity index (χ1v) is 8.47. The van der Waals surface area contributed by atoms with Crippen molar-refractivity contribution in [3.05, 3.63) is 53.3 Å². The molecule has 1 heterocycles. The highest BCUT2D eigenvalue weighted by Gasteiger charge is 2.00. The molecular formula is C16H21ClN4S. The molecule has 2 rings (SSSR count). The maximum Gasteiger partial charge on any atom is 0.191 e. The third-order valence-corrected chi connectivity index (χ3v) is 4.32. The molecule has 0 spiro atoms. The van der Waals surface area contributed by atoms with Crippen molar-refractivity contribution in [2.45, 2.75) is 11.4 Å². The summed E-state index contributed by atoms with van der Waals surface area (Å²) in [6.45, 7) is 1.62. The van der Waals surface area contributed by atoms with Crippen LogP contribution in [0.25, 0.3) is 0 Å². The van der Waals surface area contributed by atoms with E-state index in [4.69, 9.17) is 11.6 Å². The Morgan fingerprint density at radius 1 is 1.23 bits per heavy atom. The van der Waals surface area contributed by atoms with E-state index in [0.29, 0.717) is 0 Å². The van der Waals surface area contributed by atoms with Crippen molar-refractivity contribution in [1.82, 2.24) is 15.2 Å². The van der Waals surface area contributed by atoms with Gasteiger partial charge in [-0.3, -0.25) is 4.99 Å². The van der Waals surface area contributed by atoms with E-state index in [1.807, 2.05) is 42.1 Å². The van der Waals surface area contributed by atoms with Crippen LogP contribution in [0.1, 0.15) is 5.56 Å². The number of aliphatic imine (C=N–C) groups is 1. The summed E-state index contributed by atoms with van der Waals surface area (Å²) in [7, 11) is 3.80. The third-order valence-electron chi connectivity index (χ3n) is 3.05. The summed E-state index contributed by atoms with van der Waals surface area (Å²) in [4.78, 5) is 5.45. The number of hydrogen-bond donors (Lipinski definition) is 2. The lowest BCUT2D eigenvalue weighted by molar-refractivity contribution is 0.827. The molecule has 0 bridgehead atoms. The van der Waals surface area contributed by atoms with E-state index in [2.05, 4.69) is 27.9 Å². The maximum absolute atomic E-state index is 5.87. The number of benzene rings is 1. The van der Waals surface area contributed by atoms with E-state index in [-0.39, 0.29) is 0 Å². The number of thioether (sulfide) groups is 1. The second-order valence-corrected chi connectivity index (χ2v) is 6.44. The summed E-state index contributed by atoms with van der Waals surface area (Å²) in [5.74, 6) is 1.79. The highest BCUT2D eigenvalue weighted by atomic mass is 35.5. The number of hydrogen-bond acceptors (Lipinski definition) is 2. The fourth-order valence-corrected chi connectivity index (χ4v) is 2.84. The zero-order chi connectivity index (χ0) is 15.8. The van der Waals surface area contributed by atoms with Gasteiger partial charge in [0.2, 0.25) is 0 Å².